The molecule has 0 bridgehead atoms. The van der Waals surface area contributed by atoms with Gasteiger partial charge in [-0.15, -0.1) is 0 Å². The van der Waals surface area contributed by atoms with Crippen LogP contribution in [0.2, 0.25) is 0 Å². The molecule has 3 heterocycles. The Kier molecular flexibility index (Phi) is 10.5. The monoisotopic (exact) mass is 483 g/mol. The molecule has 3 fully saturated rings. The Morgan fingerprint density at radius 1 is 0.853 bits per heavy atom. The first kappa shape index (κ1) is 25.9. The van der Waals surface area contributed by atoms with Gasteiger partial charge in [-0.25, -0.2) is 0 Å². The van der Waals surface area contributed by atoms with Gasteiger partial charge in [-0.05, 0) is 0 Å². The van der Waals surface area contributed by atoms with Crippen molar-refractivity contribution in [1.29, 1.82) is 0 Å². The van der Waals surface area contributed by atoms with Crippen LogP contribution in [0.15, 0.2) is 30.3 Å². The van der Waals surface area contributed by atoms with E-state index >= 15 is 0 Å². The molecular weight excluding hydrogens is 446 g/mol. The molecule has 1 unspecified atom stereocenters. The quantitative estimate of drug-likeness (QED) is 0.655. The van der Waals surface area contributed by atoms with Gasteiger partial charge in [0.15, 0.2) is 12.6 Å². The Hall–Kier alpha value is -1.18. The highest BCUT2D eigenvalue weighted by Gasteiger charge is 2.51. The van der Waals surface area contributed by atoms with E-state index < -0.39 is 30.9 Å². The van der Waals surface area contributed by atoms with E-state index in [0.29, 0.717) is 52.8 Å². The minimum Gasteiger partial charge on any atom is -0.395 e. The third-order valence-corrected chi connectivity index (χ3v) is 6.18. The summed E-state index contributed by atoms with van der Waals surface area (Å²) in [6.45, 7) is 5.16. The van der Waals surface area contributed by atoms with Crippen LogP contribution in [0.3, 0.4) is 0 Å². The maximum absolute atomic E-state index is 9.27. The third kappa shape index (κ3) is 6.94. The summed E-state index contributed by atoms with van der Waals surface area (Å²) >= 11 is 0. The van der Waals surface area contributed by atoms with Crippen LogP contribution in [0.1, 0.15) is 11.9 Å². The summed E-state index contributed by atoms with van der Waals surface area (Å²) in [5.41, 5.74) is 0.939. The molecule has 0 amide bonds. The molecule has 192 valence electrons. The summed E-state index contributed by atoms with van der Waals surface area (Å²) in [4.78, 5) is 2.11. The van der Waals surface area contributed by atoms with Crippen molar-refractivity contribution in [3.05, 3.63) is 35.9 Å². The van der Waals surface area contributed by atoms with Crippen molar-refractivity contribution in [2.75, 3.05) is 79.6 Å². The Morgan fingerprint density at radius 2 is 1.56 bits per heavy atom. The number of benzene rings is 1. The fourth-order valence-electron chi connectivity index (χ4n) is 4.44. The van der Waals surface area contributed by atoms with Crippen LogP contribution in [0.5, 0.6) is 0 Å². The van der Waals surface area contributed by atoms with Gasteiger partial charge in [0.05, 0.1) is 52.9 Å². The largest absolute Gasteiger partial charge is 0.395 e. The molecule has 1 aromatic carbocycles. The number of methoxy groups -OCH3 is 1. The van der Waals surface area contributed by atoms with Crippen molar-refractivity contribution in [3.8, 4) is 0 Å². The summed E-state index contributed by atoms with van der Waals surface area (Å²) < 4.78 is 48.1. The van der Waals surface area contributed by atoms with E-state index in [1.165, 1.54) is 0 Å². The maximum atomic E-state index is 9.27. The minimum atomic E-state index is -0.622. The average molecular weight is 484 g/mol. The van der Waals surface area contributed by atoms with Gasteiger partial charge in [0.25, 0.3) is 0 Å². The van der Waals surface area contributed by atoms with Crippen LogP contribution in [-0.2, 0) is 37.9 Å². The number of hydrogen-bond donors (Lipinski definition) is 1. The number of aliphatic hydroxyl groups excluding tert-OH is 1. The summed E-state index contributed by atoms with van der Waals surface area (Å²) in [6.07, 6.45) is -2.81. The van der Waals surface area contributed by atoms with Gasteiger partial charge in [-0.3, -0.25) is 4.90 Å². The van der Waals surface area contributed by atoms with E-state index in [1.54, 1.807) is 7.11 Å². The van der Waals surface area contributed by atoms with Crippen molar-refractivity contribution in [2.24, 2.45) is 0 Å². The van der Waals surface area contributed by atoms with Crippen molar-refractivity contribution >= 4 is 0 Å². The number of rotatable bonds is 4. The molecule has 0 radical (unpaired) electrons. The maximum Gasteiger partial charge on any atom is 0.186 e. The van der Waals surface area contributed by atoms with Gasteiger partial charge in [0.1, 0.15) is 24.4 Å². The molecule has 4 rings (SSSR count). The Labute approximate surface area is 200 Å². The van der Waals surface area contributed by atoms with Crippen LogP contribution in [-0.4, -0.2) is 120 Å². The van der Waals surface area contributed by atoms with E-state index in [-0.39, 0.29) is 12.7 Å². The third-order valence-electron chi connectivity index (χ3n) is 6.18. The highest BCUT2D eigenvalue weighted by atomic mass is 16.8. The Balaban J connectivity index is 1.44. The molecule has 3 aliphatic heterocycles. The lowest BCUT2D eigenvalue weighted by molar-refractivity contribution is -0.368. The molecule has 1 N–H and O–H groups in total. The molecule has 0 aromatic heterocycles. The second kappa shape index (κ2) is 13.8. The van der Waals surface area contributed by atoms with Gasteiger partial charge in [-0.1, -0.05) is 30.3 Å². The number of hydrogen-bond acceptors (Lipinski definition) is 10. The number of ether oxygens (including phenoxy) is 8. The first-order valence-corrected chi connectivity index (χ1v) is 12.0. The molecule has 34 heavy (non-hydrogen) atoms. The molecule has 3 aliphatic rings. The van der Waals surface area contributed by atoms with E-state index in [2.05, 4.69) is 4.90 Å². The summed E-state index contributed by atoms with van der Waals surface area (Å²) in [5.74, 6) is 0. The van der Waals surface area contributed by atoms with Crippen LogP contribution in [0.4, 0.5) is 0 Å². The van der Waals surface area contributed by atoms with Crippen molar-refractivity contribution < 1.29 is 43.0 Å². The lowest BCUT2D eigenvalue weighted by atomic mass is 9.97. The topological polar surface area (TPSA) is 97.3 Å². The van der Waals surface area contributed by atoms with Gasteiger partial charge in [0, 0.05) is 32.3 Å². The summed E-state index contributed by atoms with van der Waals surface area (Å²) in [6, 6.07) is 9.82. The predicted molar refractivity (Wildman–Crippen MR) is 120 cm³/mol. The first-order valence-electron chi connectivity index (χ1n) is 12.0. The fraction of sp³-hybridized carbons (Fsp3) is 0.750. The van der Waals surface area contributed by atoms with Crippen molar-refractivity contribution in [3.63, 3.8) is 0 Å². The van der Waals surface area contributed by atoms with Gasteiger partial charge >= 0.3 is 0 Å². The normalized spacial score (nSPS) is 34.9. The standard InChI is InChI=1S/C24H37NO9/c1-27-24-22-21(20-19(33-24)17-32-23(34-20)18-5-3-2-4-6-18)30-15-13-28-11-8-25(7-10-26)9-12-29-14-16-31-22/h2-6,19-24,26H,7-17H2,1H3/t19-,20-,21+,22-,23?,24+/m1/s1. The molecule has 0 saturated carbocycles. The lowest BCUT2D eigenvalue weighted by Crippen LogP contribution is -2.63. The zero-order valence-corrected chi connectivity index (χ0v) is 19.8. The molecule has 10 nitrogen and oxygen atoms in total. The molecule has 3 saturated heterocycles. The predicted octanol–water partition coefficient (Wildman–Crippen LogP) is 0.583. The average Bonchev–Trinajstić information content (AvgIpc) is 2.88. The van der Waals surface area contributed by atoms with Gasteiger partial charge < -0.3 is 43.0 Å². The second-order valence-corrected chi connectivity index (χ2v) is 8.42. The molecule has 6 atom stereocenters. The van der Waals surface area contributed by atoms with E-state index in [4.69, 9.17) is 37.9 Å². The molecule has 1 aromatic rings. The van der Waals surface area contributed by atoms with Crippen LogP contribution < -0.4 is 0 Å². The SMILES string of the molecule is CO[C@H]1O[C@@H]2COC(c3ccccc3)O[C@H]2[C@@H]2OCCOCCN(CCO)CCOCCO[C@@H]12. The zero-order chi connectivity index (χ0) is 23.6. The van der Waals surface area contributed by atoms with Gasteiger partial charge in [-0.2, -0.15) is 0 Å². The Bertz CT molecular complexity index is 696. The molecule has 10 heteroatoms. The molecule has 0 aliphatic carbocycles. The minimum absolute atomic E-state index is 0.101. The van der Waals surface area contributed by atoms with E-state index in [0.717, 1.165) is 18.7 Å². The van der Waals surface area contributed by atoms with E-state index in [9.17, 15) is 5.11 Å². The summed E-state index contributed by atoms with van der Waals surface area (Å²) in [5, 5.41) is 9.27. The lowest BCUT2D eigenvalue weighted by Gasteiger charge is -2.48. The van der Waals surface area contributed by atoms with Crippen LogP contribution in [0.25, 0.3) is 0 Å². The summed E-state index contributed by atoms with van der Waals surface area (Å²) in [7, 11) is 1.59. The number of nitrogens with zero attached hydrogens (tertiary/aromatic N) is 1. The van der Waals surface area contributed by atoms with Crippen LogP contribution in [0, 0.1) is 0 Å². The highest BCUT2D eigenvalue weighted by Crippen LogP contribution is 2.36. The number of fused-ring (bicyclic) bond motifs is 3. The highest BCUT2D eigenvalue weighted by molar-refractivity contribution is 5.16. The number of β-amino-alcohol motifs (C(OH)–C–C–N with tert-alkyl or cyclic N) is 1. The zero-order valence-electron chi connectivity index (χ0n) is 19.8. The second-order valence-electron chi connectivity index (χ2n) is 8.42. The number of aliphatic hydroxyl groups is 1. The fourth-order valence-corrected chi connectivity index (χ4v) is 4.44. The van der Waals surface area contributed by atoms with Crippen LogP contribution >= 0.6 is 0 Å². The Morgan fingerprint density at radius 3 is 2.24 bits per heavy atom. The first-order chi connectivity index (χ1) is 16.8. The van der Waals surface area contributed by atoms with Crippen molar-refractivity contribution in [1.82, 2.24) is 4.90 Å². The van der Waals surface area contributed by atoms with Crippen molar-refractivity contribution in [2.45, 2.75) is 37.0 Å². The van der Waals surface area contributed by atoms with E-state index in [1.807, 2.05) is 30.3 Å². The smallest absolute Gasteiger partial charge is 0.186 e. The molecule has 0 spiro atoms. The van der Waals surface area contributed by atoms with Gasteiger partial charge in [0.2, 0.25) is 0 Å². The molecular formula is C24H37NO9.